The number of ether oxygens (including phenoxy) is 1. The third-order valence-corrected chi connectivity index (χ3v) is 2.39. The monoisotopic (exact) mass is 228 g/mol. The van der Waals surface area contributed by atoms with E-state index in [0.717, 1.165) is 5.56 Å². The van der Waals surface area contributed by atoms with Crippen molar-refractivity contribution in [3.05, 3.63) is 29.8 Å². The second-order valence-electron chi connectivity index (χ2n) is 3.66. The maximum absolute atomic E-state index is 11.0. The van der Waals surface area contributed by atoms with Crippen LogP contribution in [0, 0.1) is 0 Å². The third-order valence-electron chi connectivity index (χ3n) is 2.39. The number of rotatable bonds is 1. The number of anilines is 1. The van der Waals surface area contributed by atoms with Gasteiger partial charge in [0.15, 0.2) is 0 Å². The molecule has 0 aliphatic carbocycles. The molecule has 0 spiro atoms. The summed E-state index contributed by atoms with van der Waals surface area (Å²) in [7, 11) is 0. The number of nitrogens with two attached hydrogens (primary N) is 1. The number of nitrogen functional groups attached to an aromatic ring is 1. The number of hydrogen-bond donors (Lipinski definition) is 2. The number of cyclic esters (lactones) is 1. The molecule has 1 atom stereocenters. The number of amides is 1. The second-order valence-corrected chi connectivity index (χ2v) is 3.66. The highest BCUT2D eigenvalue weighted by Gasteiger charge is 2.36. The predicted octanol–water partition coefficient (Wildman–Crippen LogP) is 1.65. The van der Waals surface area contributed by atoms with E-state index in [1.165, 1.54) is 0 Å². The summed E-state index contributed by atoms with van der Waals surface area (Å²) in [6.07, 6.45) is -0.380. The average molecular weight is 229 g/mol. The van der Waals surface area contributed by atoms with Gasteiger partial charge in [-0.3, -0.25) is 0 Å². The van der Waals surface area contributed by atoms with E-state index < -0.39 is 5.54 Å². The van der Waals surface area contributed by atoms with E-state index in [2.05, 4.69) is 5.32 Å². The second kappa shape index (κ2) is 3.98. The first-order valence-corrected chi connectivity index (χ1v) is 4.41. The highest BCUT2D eigenvalue weighted by molar-refractivity contribution is 5.85. The minimum atomic E-state index is -0.452. The Morgan fingerprint density at radius 3 is 2.80 bits per heavy atom. The highest BCUT2D eigenvalue weighted by atomic mass is 35.5. The molecular formula is C10H13ClN2O2. The molecule has 0 aromatic heterocycles. The largest absolute Gasteiger partial charge is 0.447 e. The van der Waals surface area contributed by atoms with Crippen molar-refractivity contribution in [1.29, 1.82) is 0 Å². The van der Waals surface area contributed by atoms with Crippen LogP contribution in [0.5, 0.6) is 0 Å². The summed E-state index contributed by atoms with van der Waals surface area (Å²) in [4.78, 5) is 11.0. The molecule has 1 fully saturated rings. The van der Waals surface area contributed by atoms with Crippen molar-refractivity contribution in [2.75, 3.05) is 12.3 Å². The van der Waals surface area contributed by atoms with E-state index in [-0.39, 0.29) is 18.5 Å². The molecule has 1 aromatic rings. The summed E-state index contributed by atoms with van der Waals surface area (Å²) in [5, 5.41) is 2.76. The first kappa shape index (κ1) is 11.7. The number of carbonyl (C=O) groups excluding carboxylic acids is 1. The number of carbonyl (C=O) groups is 1. The Morgan fingerprint density at radius 2 is 2.27 bits per heavy atom. The van der Waals surface area contributed by atoms with Crippen molar-refractivity contribution < 1.29 is 9.53 Å². The smallest absolute Gasteiger partial charge is 0.408 e. The zero-order chi connectivity index (χ0) is 10.2. The lowest BCUT2D eigenvalue weighted by Gasteiger charge is -2.21. The first-order chi connectivity index (χ1) is 6.60. The summed E-state index contributed by atoms with van der Waals surface area (Å²) >= 11 is 0. The molecule has 1 heterocycles. The topological polar surface area (TPSA) is 64.3 Å². The molecule has 1 unspecified atom stereocenters. The summed E-state index contributed by atoms with van der Waals surface area (Å²) in [5.74, 6) is 0. The van der Waals surface area contributed by atoms with Gasteiger partial charge in [0.25, 0.3) is 0 Å². The van der Waals surface area contributed by atoms with Crippen LogP contribution < -0.4 is 11.1 Å². The molecule has 82 valence electrons. The van der Waals surface area contributed by atoms with Crippen molar-refractivity contribution in [1.82, 2.24) is 5.32 Å². The molecule has 15 heavy (non-hydrogen) atoms. The van der Waals surface area contributed by atoms with Crippen molar-refractivity contribution in [3.63, 3.8) is 0 Å². The number of halogens is 1. The molecular weight excluding hydrogens is 216 g/mol. The van der Waals surface area contributed by atoms with Crippen LogP contribution in [0.3, 0.4) is 0 Å². The Bertz CT molecular complexity index is 383. The number of hydrogen-bond acceptors (Lipinski definition) is 3. The Labute approximate surface area is 94.2 Å². The van der Waals surface area contributed by atoms with Crippen LogP contribution in [-0.4, -0.2) is 12.7 Å². The van der Waals surface area contributed by atoms with Crippen LogP contribution in [-0.2, 0) is 10.3 Å². The van der Waals surface area contributed by atoms with Gasteiger partial charge < -0.3 is 15.8 Å². The third kappa shape index (κ3) is 2.15. The Kier molecular flexibility index (Phi) is 3.09. The van der Waals surface area contributed by atoms with Gasteiger partial charge in [-0.2, -0.15) is 0 Å². The Morgan fingerprint density at radius 1 is 1.53 bits per heavy atom. The summed E-state index contributed by atoms with van der Waals surface area (Å²) in [6.45, 7) is 2.25. The van der Waals surface area contributed by atoms with E-state index in [9.17, 15) is 4.79 Å². The van der Waals surface area contributed by atoms with Crippen molar-refractivity contribution in [2.24, 2.45) is 0 Å². The van der Waals surface area contributed by atoms with Crippen LogP contribution in [0.1, 0.15) is 12.5 Å². The van der Waals surface area contributed by atoms with Crippen LogP contribution in [0.2, 0.25) is 0 Å². The van der Waals surface area contributed by atoms with Crippen molar-refractivity contribution >= 4 is 24.2 Å². The zero-order valence-corrected chi connectivity index (χ0v) is 9.14. The number of alkyl carbamates (subject to hydrolysis) is 1. The van der Waals surface area contributed by atoms with Crippen LogP contribution >= 0.6 is 12.4 Å². The van der Waals surface area contributed by atoms with E-state index >= 15 is 0 Å². The molecule has 4 nitrogen and oxygen atoms in total. The molecule has 0 radical (unpaired) electrons. The summed E-state index contributed by atoms with van der Waals surface area (Å²) in [5.41, 5.74) is 6.86. The van der Waals surface area contributed by atoms with Gasteiger partial charge in [0.05, 0.1) is 5.54 Å². The fourth-order valence-electron chi connectivity index (χ4n) is 1.54. The molecule has 0 bridgehead atoms. The highest BCUT2D eigenvalue weighted by Crippen LogP contribution is 2.26. The molecule has 2 rings (SSSR count). The first-order valence-electron chi connectivity index (χ1n) is 4.41. The van der Waals surface area contributed by atoms with Crippen LogP contribution in [0.4, 0.5) is 10.5 Å². The van der Waals surface area contributed by atoms with Gasteiger partial charge in [0, 0.05) is 5.69 Å². The van der Waals surface area contributed by atoms with Gasteiger partial charge in [0.1, 0.15) is 6.61 Å². The molecule has 1 aliphatic rings. The minimum Gasteiger partial charge on any atom is -0.447 e. The van der Waals surface area contributed by atoms with Gasteiger partial charge >= 0.3 is 6.09 Å². The molecule has 0 saturated carbocycles. The van der Waals surface area contributed by atoms with Crippen molar-refractivity contribution in [2.45, 2.75) is 12.5 Å². The fraction of sp³-hybridized carbons (Fsp3) is 0.300. The van der Waals surface area contributed by atoms with E-state index in [1.54, 1.807) is 0 Å². The lowest BCUT2D eigenvalue weighted by molar-refractivity contribution is 0.173. The SMILES string of the molecule is CC1(c2cccc(N)c2)COC(=O)N1.Cl. The molecule has 3 N–H and O–H groups in total. The molecule has 1 amide bonds. The quantitative estimate of drug-likeness (QED) is 0.719. The van der Waals surface area contributed by atoms with Gasteiger partial charge in [-0.05, 0) is 24.6 Å². The Hall–Kier alpha value is -1.42. The number of nitrogens with one attached hydrogen (secondary N) is 1. The molecule has 1 aromatic carbocycles. The van der Waals surface area contributed by atoms with Crippen molar-refractivity contribution in [3.8, 4) is 0 Å². The predicted molar refractivity (Wildman–Crippen MR) is 59.9 cm³/mol. The van der Waals surface area contributed by atoms with E-state index in [4.69, 9.17) is 10.5 Å². The maximum atomic E-state index is 11.0. The fourth-order valence-corrected chi connectivity index (χ4v) is 1.54. The standard InChI is InChI=1S/C10H12N2O2.ClH/c1-10(6-14-9(13)12-10)7-3-2-4-8(11)5-7;/h2-5H,6,11H2,1H3,(H,12,13);1H. The maximum Gasteiger partial charge on any atom is 0.408 e. The van der Waals surface area contributed by atoms with E-state index in [0.29, 0.717) is 12.3 Å². The minimum absolute atomic E-state index is 0. The molecule has 1 saturated heterocycles. The lowest BCUT2D eigenvalue weighted by Crippen LogP contribution is -2.37. The zero-order valence-electron chi connectivity index (χ0n) is 8.32. The lowest BCUT2D eigenvalue weighted by atomic mass is 9.93. The van der Waals surface area contributed by atoms with Crippen LogP contribution in [0.15, 0.2) is 24.3 Å². The number of benzene rings is 1. The summed E-state index contributed by atoms with van der Waals surface area (Å²) < 4.78 is 4.87. The average Bonchev–Trinajstić information content (AvgIpc) is 2.48. The van der Waals surface area contributed by atoms with Gasteiger partial charge in [-0.25, -0.2) is 4.79 Å². The Balaban J connectivity index is 0.00000112. The van der Waals surface area contributed by atoms with E-state index in [1.807, 2.05) is 31.2 Å². The van der Waals surface area contributed by atoms with Crippen LogP contribution in [0.25, 0.3) is 0 Å². The van der Waals surface area contributed by atoms with Gasteiger partial charge in [-0.1, -0.05) is 12.1 Å². The summed E-state index contributed by atoms with van der Waals surface area (Å²) in [6, 6.07) is 7.44. The van der Waals surface area contributed by atoms with Gasteiger partial charge in [0.2, 0.25) is 0 Å². The molecule has 1 aliphatic heterocycles. The molecule has 5 heteroatoms. The van der Waals surface area contributed by atoms with Gasteiger partial charge in [-0.15, -0.1) is 12.4 Å². The normalized spacial score (nSPS) is 23.9.